The third-order valence-corrected chi connectivity index (χ3v) is 4.42. The Labute approximate surface area is 129 Å². The van der Waals surface area contributed by atoms with E-state index in [1.165, 1.54) is 42.6 Å². The van der Waals surface area contributed by atoms with Crippen LogP contribution in [0.25, 0.3) is 5.70 Å². The van der Waals surface area contributed by atoms with E-state index < -0.39 is 0 Å². The van der Waals surface area contributed by atoms with Gasteiger partial charge in [-0.3, -0.25) is 0 Å². The summed E-state index contributed by atoms with van der Waals surface area (Å²) in [5.41, 5.74) is 4.06. The van der Waals surface area contributed by atoms with Crippen LogP contribution >= 0.6 is 0 Å². The van der Waals surface area contributed by atoms with Crippen LogP contribution < -0.4 is 0 Å². The molecule has 0 bridgehead atoms. The standard InChI is InChI=1S/C19H28N2/c1-6-11-16(12-7-2)18-19(17-13-9-8-10-14-17)21(5)15(3)20(18)4/h8-10,13-14,16H,3,6-7,11-12H2,1-2,4-5H3. The van der Waals surface area contributed by atoms with Crippen LogP contribution in [0.1, 0.15) is 45.1 Å². The van der Waals surface area contributed by atoms with E-state index in [9.17, 15) is 0 Å². The Morgan fingerprint density at radius 2 is 1.52 bits per heavy atom. The van der Waals surface area contributed by atoms with Gasteiger partial charge in [0, 0.05) is 25.7 Å². The summed E-state index contributed by atoms with van der Waals surface area (Å²) >= 11 is 0. The van der Waals surface area contributed by atoms with Gasteiger partial charge in [0.25, 0.3) is 0 Å². The Morgan fingerprint density at radius 1 is 0.952 bits per heavy atom. The molecule has 0 aromatic heterocycles. The van der Waals surface area contributed by atoms with Crippen LogP contribution in [0.5, 0.6) is 0 Å². The molecule has 0 saturated heterocycles. The summed E-state index contributed by atoms with van der Waals surface area (Å²) in [5, 5.41) is 0. The van der Waals surface area contributed by atoms with Gasteiger partial charge in [0.2, 0.25) is 0 Å². The van der Waals surface area contributed by atoms with Gasteiger partial charge in [0.15, 0.2) is 0 Å². The zero-order valence-corrected chi connectivity index (χ0v) is 13.9. The van der Waals surface area contributed by atoms with Crippen molar-refractivity contribution in [1.82, 2.24) is 9.80 Å². The molecule has 0 atom stereocenters. The molecule has 0 fully saturated rings. The molecule has 0 spiro atoms. The molecule has 0 amide bonds. The number of nitrogens with zero attached hydrogens (tertiary/aromatic N) is 2. The molecule has 1 aliphatic heterocycles. The van der Waals surface area contributed by atoms with Crippen LogP contribution in [-0.4, -0.2) is 23.9 Å². The third kappa shape index (κ3) is 2.99. The lowest BCUT2D eigenvalue weighted by Gasteiger charge is -2.25. The van der Waals surface area contributed by atoms with Gasteiger partial charge in [0.05, 0.1) is 5.70 Å². The first-order valence-corrected chi connectivity index (χ1v) is 8.07. The maximum atomic E-state index is 4.26. The fraction of sp³-hybridized carbons (Fsp3) is 0.474. The largest absolute Gasteiger partial charge is 0.333 e. The van der Waals surface area contributed by atoms with Crippen molar-refractivity contribution in [3.8, 4) is 0 Å². The first-order valence-electron chi connectivity index (χ1n) is 8.07. The highest BCUT2D eigenvalue weighted by molar-refractivity contribution is 5.71. The summed E-state index contributed by atoms with van der Waals surface area (Å²) < 4.78 is 0. The molecule has 0 radical (unpaired) electrons. The Bertz CT molecular complexity index is 510. The van der Waals surface area contributed by atoms with Crippen LogP contribution in [0.2, 0.25) is 0 Å². The van der Waals surface area contributed by atoms with Gasteiger partial charge >= 0.3 is 0 Å². The number of hydrogen-bond acceptors (Lipinski definition) is 2. The minimum atomic E-state index is 0.613. The molecule has 1 aromatic rings. The lowest BCUT2D eigenvalue weighted by atomic mass is 9.91. The van der Waals surface area contributed by atoms with Gasteiger partial charge in [-0.25, -0.2) is 0 Å². The second-order valence-corrected chi connectivity index (χ2v) is 5.91. The average Bonchev–Trinajstić information content (AvgIpc) is 2.72. The number of allylic oxidation sites excluding steroid dienone is 1. The molecular formula is C19H28N2. The summed E-state index contributed by atoms with van der Waals surface area (Å²) in [5.74, 6) is 1.68. The van der Waals surface area contributed by atoms with Gasteiger partial charge in [0.1, 0.15) is 5.82 Å². The van der Waals surface area contributed by atoms with E-state index in [-0.39, 0.29) is 0 Å². The van der Waals surface area contributed by atoms with Crippen molar-refractivity contribution in [2.45, 2.75) is 39.5 Å². The molecular weight excluding hydrogens is 256 g/mol. The molecule has 2 rings (SSSR count). The molecule has 114 valence electrons. The van der Waals surface area contributed by atoms with Crippen molar-refractivity contribution < 1.29 is 0 Å². The van der Waals surface area contributed by atoms with Gasteiger partial charge in [-0.1, -0.05) is 63.6 Å². The zero-order valence-electron chi connectivity index (χ0n) is 13.9. The van der Waals surface area contributed by atoms with Crippen molar-refractivity contribution in [2.75, 3.05) is 14.1 Å². The average molecular weight is 284 g/mol. The molecule has 1 aromatic carbocycles. The number of benzene rings is 1. The molecule has 2 heteroatoms. The van der Waals surface area contributed by atoms with Gasteiger partial charge in [-0.2, -0.15) is 0 Å². The lowest BCUT2D eigenvalue weighted by molar-refractivity contribution is 0.373. The van der Waals surface area contributed by atoms with Gasteiger partial charge < -0.3 is 9.80 Å². The molecule has 21 heavy (non-hydrogen) atoms. The van der Waals surface area contributed by atoms with E-state index in [4.69, 9.17) is 0 Å². The first kappa shape index (κ1) is 15.7. The van der Waals surface area contributed by atoms with Crippen molar-refractivity contribution in [1.29, 1.82) is 0 Å². The third-order valence-electron chi connectivity index (χ3n) is 4.42. The summed E-state index contributed by atoms with van der Waals surface area (Å²) in [7, 11) is 4.28. The summed E-state index contributed by atoms with van der Waals surface area (Å²) in [6.45, 7) is 8.81. The summed E-state index contributed by atoms with van der Waals surface area (Å²) in [4.78, 5) is 4.53. The van der Waals surface area contributed by atoms with Crippen LogP contribution in [0.4, 0.5) is 0 Å². The van der Waals surface area contributed by atoms with Crippen molar-refractivity contribution in [2.24, 2.45) is 5.92 Å². The predicted molar refractivity (Wildman–Crippen MR) is 91.3 cm³/mol. The van der Waals surface area contributed by atoms with Gasteiger partial charge in [-0.15, -0.1) is 0 Å². The normalized spacial score (nSPS) is 15.6. The summed E-state index contributed by atoms with van der Waals surface area (Å²) in [6.07, 6.45) is 4.93. The summed E-state index contributed by atoms with van der Waals surface area (Å²) in [6, 6.07) is 10.7. The Morgan fingerprint density at radius 3 is 2.05 bits per heavy atom. The Balaban J connectivity index is 2.52. The second-order valence-electron chi connectivity index (χ2n) is 5.91. The van der Waals surface area contributed by atoms with E-state index in [2.05, 4.69) is 74.7 Å². The smallest absolute Gasteiger partial charge is 0.105 e. The predicted octanol–water partition coefficient (Wildman–Crippen LogP) is 4.92. The quantitative estimate of drug-likeness (QED) is 0.731. The molecule has 0 unspecified atom stereocenters. The van der Waals surface area contributed by atoms with Crippen molar-refractivity contribution >= 4 is 5.70 Å². The Hall–Kier alpha value is -1.70. The highest BCUT2D eigenvalue weighted by atomic mass is 15.4. The Kier molecular flexibility index (Phi) is 5.11. The maximum absolute atomic E-state index is 4.26. The van der Waals surface area contributed by atoms with Crippen LogP contribution in [-0.2, 0) is 0 Å². The van der Waals surface area contributed by atoms with E-state index >= 15 is 0 Å². The molecule has 0 aliphatic carbocycles. The maximum Gasteiger partial charge on any atom is 0.105 e. The molecule has 1 aliphatic rings. The monoisotopic (exact) mass is 284 g/mol. The second kappa shape index (κ2) is 6.84. The lowest BCUT2D eigenvalue weighted by Crippen LogP contribution is -2.20. The first-order chi connectivity index (χ1) is 10.1. The minimum absolute atomic E-state index is 0.613. The van der Waals surface area contributed by atoms with E-state index in [1.54, 1.807) is 0 Å². The number of hydrogen-bond donors (Lipinski definition) is 0. The zero-order chi connectivity index (χ0) is 15.4. The molecule has 0 N–H and O–H groups in total. The highest BCUT2D eigenvalue weighted by Crippen LogP contribution is 2.41. The fourth-order valence-corrected chi connectivity index (χ4v) is 3.34. The SMILES string of the molecule is C=C1N(C)C(c2ccccc2)=C(C(CCC)CCC)N1C. The van der Waals surface area contributed by atoms with Gasteiger partial charge in [-0.05, 0) is 18.4 Å². The van der Waals surface area contributed by atoms with Crippen molar-refractivity contribution in [3.05, 3.63) is 54.0 Å². The van der Waals surface area contributed by atoms with Crippen LogP contribution in [0, 0.1) is 5.92 Å². The topological polar surface area (TPSA) is 6.48 Å². The van der Waals surface area contributed by atoms with E-state index in [0.29, 0.717) is 5.92 Å². The van der Waals surface area contributed by atoms with E-state index in [1.807, 2.05) is 0 Å². The van der Waals surface area contributed by atoms with Crippen LogP contribution in [0.15, 0.2) is 48.4 Å². The molecule has 1 heterocycles. The van der Waals surface area contributed by atoms with E-state index in [0.717, 1.165) is 5.82 Å². The molecule has 0 saturated carbocycles. The number of rotatable bonds is 6. The van der Waals surface area contributed by atoms with Crippen LogP contribution in [0.3, 0.4) is 0 Å². The van der Waals surface area contributed by atoms with Crippen molar-refractivity contribution in [3.63, 3.8) is 0 Å². The molecule has 2 nitrogen and oxygen atoms in total. The highest BCUT2D eigenvalue weighted by Gasteiger charge is 2.32. The fourth-order valence-electron chi connectivity index (χ4n) is 3.34. The minimum Gasteiger partial charge on any atom is -0.333 e.